The van der Waals surface area contributed by atoms with Gasteiger partial charge in [0.15, 0.2) is 16.6 Å². The number of nitrogens with one attached hydrogen (secondary N) is 2. The average Bonchev–Trinajstić information content (AvgIpc) is 2.52. The van der Waals surface area contributed by atoms with Crippen molar-refractivity contribution in [2.24, 2.45) is 11.8 Å². The summed E-state index contributed by atoms with van der Waals surface area (Å²) in [5, 5.41) is 14.2. The standard InChI is InChI=1S/C15H21N3O4S/c1-4-5-6-7-11(19)9(2)15(13(21)22-3)10(8-16)12(20)17-14(23)18-15/h9-10H,4-7H2,1-3H3,(H2,17,18,20,23)/t9-,10-,15-/m1/s1. The number of amides is 1. The van der Waals surface area contributed by atoms with Gasteiger partial charge in [-0.15, -0.1) is 0 Å². The third-order valence-electron chi connectivity index (χ3n) is 4.12. The molecule has 0 spiro atoms. The normalized spacial score (nSPS) is 24.9. The van der Waals surface area contributed by atoms with E-state index in [0.717, 1.165) is 20.0 Å². The lowest BCUT2D eigenvalue weighted by atomic mass is 9.71. The van der Waals surface area contributed by atoms with Crippen LogP contribution >= 0.6 is 12.2 Å². The van der Waals surface area contributed by atoms with Gasteiger partial charge < -0.3 is 15.4 Å². The van der Waals surface area contributed by atoms with Gasteiger partial charge in [-0.2, -0.15) is 5.26 Å². The van der Waals surface area contributed by atoms with Crippen LogP contribution in [0.3, 0.4) is 0 Å². The molecule has 0 aromatic heterocycles. The molecule has 1 amide bonds. The Hall–Kier alpha value is -2.01. The molecule has 0 unspecified atom stereocenters. The number of rotatable bonds is 7. The molecule has 1 aliphatic rings. The van der Waals surface area contributed by atoms with Crippen LogP contribution in [0.4, 0.5) is 0 Å². The van der Waals surface area contributed by atoms with Gasteiger partial charge in [0, 0.05) is 6.42 Å². The van der Waals surface area contributed by atoms with Crippen molar-refractivity contribution in [3.63, 3.8) is 0 Å². The molecule has 3 atom stereocenters. The van der Waals surface area contributed by atoms with Crippen molar-refractivity contribution in [1.29, 1.82) is 5.26 Å². The fraction of sp³-hybridized carbons (Fsp3) is 0.667. The van der Waals surface area contributed by atoms with Gasteiger partial charge in [0.1, 0.15) is 5.78 Å². The number of nitrogens with zero attached hydrogens (tertiary/aromatic N) is 1. The van der Waals surface area contributed by atoms with Crippen LogP contribution in [-0.4, -0.2) is 35.4 Å². The molecule has 0 radical (unpaired) electrons. The molecule has 1 aliphatic heterocycles. The molecule has 2 N–H and O–H groups in total. The largest absolute Gasteiger partial charge is 0.467 e. The number of ketones is 1. The molecular weight excluding hydrogens is 318 g/mol. The average molecular weight is 339 g/mol. The van der Waals surface area contributed by atoms with Gasteiger partial charge in [-0.3, -0.25) is 9.59 Å². The van der Waals surface area contributed by atoms with Crippen LogP contribution in [0.25, 0.3) is 0 Å². The Labute approximate surface area is 140 Å². The number of methoxy groups -OCH3 is 1. The van der Waals surface area contributed by atoms with Crippen molar-refractivity contribution in [1.82, 2.24) is 10.6 Å². The molecule has 1 fully saturated rings. The van der Waals surface area contributed by atoms with Crippen LogP contribution in [0.1, 0.15) is 39.5 Å². The predicted octanol–water partition coefficient (Wildman–Crippen LogP) is 0.828. The molecule has 1 heterocycles. The van der Waals surface area contributed by atoms with Crippen molar-refractivity contribution in [2.45, 2.75) is 45.1 Å². The third kappa shape index (κ3) is 3.67. The number of hydrogen-bond donors (Lipinski definition) is 2. The van der Waals surface area contributed by atoms with E-state index in [0.29, 0.717) is 6.42 Å². The molecule has 0 bridgehead atoms. The van der Waals surface area contributed by atoms with Gasteiger partial charge in [0.2, 0.25) is 5.91 Å². The highest BCUT2D eigenvalue weighted by atomic mass is 32.1. The minimum absolute atomic E-state index is 0.0971. The summed E-state index contributed by atoms with van der Waals surface area (Å²) in [6.07, 6.45) is 2.79. The van der Waals surface area contributed by atoms with Gasteiger partial charge in [-0.25, -0.2) is 4.79 Å². The number of Topliss-reactive ketones (excluding diaryl/α,β-unsaturated/α-hetero) is 1. The van der Waals surface area contributed by atoms with Gasteiger partial charge >= 0.3 is 5.97 Å². The highest BCUT2D eigenvalue weighted by Gasteiger charge is 2.59. The maximum absolute atomic E-state index is 12.5. The number of nitriles is 1. The van der Waals surface area contributed by atoms with E-state index in [-0.39, 0.29) is 17.3 Å². The first-order chi connectivity index (χ1) is 10.8. The maximum atomic E-state index is 12.5. The highest BCUT2D eigenvalue weighted by molar-refractivity contribution is 7.80. The van der Waals surface area contributed by atoms with Gasteiger partial charge in [-0.1, -0.05) is 26.7 Å². The summed E-state index contributed by atoms with van der Waals surface area (Å²) in [6.45, 7) is 3.53. The van der Waals surface area contributed by atoms with Gasteiger partial charge in [0.25, 0.3) is 0 Å². The molecule has 1 rings (SSSR count). The fourth-order valence-corrected chi connectivity index (χ4v) is 3.00. The van der Waals surface area contributed by atoms with E-state index in [4.69, 9.17) is 17.0 Å². The predicted molar refractivity (Wildman–Crippen MR) is 86.0 cm³/mol. The van der Waals surface area contributed by atoms with E-state index in [2.05, 4.69) is 10.6 Å². The Balaban J connectivity index is 3.22. The molecule has 0 saturated carbocycles. The first kappa shape index (κ1) is 19.0. The molecule has 8 heteroatoms. The van der Waals surface area contributed by atoms with E-state index in [1.807, 2.05) is 6.92 Å². The first-order valence-electron chi connectivity index (χ1n) is 7.48. The number of ether oxygens (including phenoxy) is 1. The maximum Gasteiger partial charge on any atom is 0.334 e. The second-order valence-electron chi connectivity index (χ2n) is 5.51. The number of hydrogen-bond acceptors (Lipinski definition) is 6. The number of unbranched alkanes of at least 4 members (excludes halogenated alkanes) is 2. The summed E-state index contributed by atoms with van der Waals surface area (Å²) in [6, 6.07) is 1.80. The van der Waals surface area contributed by atoms with Crippen LogP contribution in [-0.2, 0) is 19.1 Å². The van der Waals surface area contributed by atoms with E-state index in [9.17, 15) is 19.6 Å². The third-order valence-corrected chi connectivity index (χ3v) is 4.32. The summed E-state index contributed by atoms with van der Waals surface area (Å²) < 4.78 is 4.77. The molecule has 0 aromatic carbocycles. The van der Waals surface area contributed by atoms with Crippen molar-refractivity contribution in [2.75, 3.05) is 7.11 Å². The zero-order valence-electron chi connectivity index (χ0n) is 13.5. The molecule has 7 nitrogen and oxygen atoms in total. The van der Waals surface area contributed by atoms with Crippen LogP contribution in [0.5, 0.6) is 0 Å². The number of carbonyl (C=O) groups is 3. The number of thiocarbonyl (C=S) groups is 1. The SMILES string of the molecule is CCCCCC(=O)[C@@H](C)[C@@]1(C(=O)OC)NC(=S)NC(=O)[C@H]1C#N. The zero-order valence-corrected chi connectivity index (χ0v) is 14.3. The van der Waals surface area contributed by atoms with Crippen LogP contribution in [0, 0.1) is 23.2 Å². The highest BCUT2D eigenvalue weighted by Crippen LogP contribution is 2.32. The lowest BCUT2D eigenvalue weighted by molar-refractivity contribution is -0.158. The molecule has 0 aromatic rings. The van der Waals surface area contributed by atoms with Gasteiger partial charge in [0.05, 0.1) is 19.1 Å². The van der Waals surface area contributed by atoms with Crippen LogP contribution in [0.2, 0.25) is 0 Å². The summed E-state index contributed by atoms with van der Waals surface area (Å²) in [5.74, 6) is -4.12. The lowest BCUT2D eigenvalue weighted by Gasteiger charge is -2.42. The molecule has 1 saturated heterocycles. The minimum atomic E-state index is -1.80. The first-order valence-corrected chi connectivity index (χ1v) is 7.89. The Morgan fingerprint density at radius 1 is 1.48 bits per heavy atom. The quantitative estimate of drug-likeness (QED) is 0.402. The Morgan fingerprint density at radius 3 is 2.65 bits per heavy atom. The second-order valence-corrected chi connectivity index (χ2v) is 5.92. The number of esters is 1. The van der Waals surface area contributed by atoms with Crippen molar-refractivity contribution in [3.8, 4) is 6.07 Å². The van der Waals surface area contributed by atoms with Crippen LogP contribution < -0.4 is 10.6 Å². The van der Waals surface area contributed by atoms with Gasteiger partial charge in [-0.05, 0) is 18.6 Å². The summed E-state index contributed by atoms with van der Waals surface area (Å²) >= 11 is 4.94. The van der Waals surface area contributed by atoms with Crippen LogP contribution in [0.15, 0.2) is 0 Å². The molecule has 0 aliphatic carbocycles. The summed E-state index contributed by atoms with van der Waals surface area (Å²) in [5.41, 5.74) is -1.80. The summed E-state index contributed by atoms with van der Waals surface area (Å²) in [7, 11) is 1.14. The van der Waals surface area contributed by atoms with E-state index in [1.54, 1.807) is 6.07 Å². The Bertz CT molecular complexity index is 557. The van der Waals surface area contributed by atoms with E-state index >= 15 is 0 Å². The Morgan fingerprint density at radius 2 is 2.13 bits per heavy atom. The van der Waals surface area contributed by atoms with Crippen molar-refractivity contribution >= 4 is 35.0 Å². The minimum Gasteiger partial charge on any atom is -0.467 e. The monoisotopic (exact) mass is 339 g/mol. The zero-order chi connectivity index (χ0) is 17.6. The molecular formula is C15H21N3O4S. The fourth-order valence-electron chi connectivity index (χ4n) is 2.74. The molecule has 23 heavy (non-hydrogen) atoms. The van der Waals surface area contributed by atoms with E-state index in [1.165, 1.54) is 6.92 Å². The van der Waals surface area contributed by atoms with Crippen molar-refractivity contribution in [3.05, 3.63) is 0 Å². The van der Waals surface area contributed by atoms with Crippen molar-refractivity contribution < 1.29 is 19.1 Å². The summed E-state index contributed by atoms with van der Waals surface area (Å²) in [4.78, 5) is 37.0. The number of carbonyl (C=O) groups excluding carboxylic acids is 3. The Kier molecular flexibility index (Phi) is 6.63. The molecule has 126 valence electrons. The second kappa shape index (κ2) is 8.02. The van der Waals surface area contributed by atoms with E-state index < -0.39 is 29.3 Å². The smallest absolute Gasteiger partial charge is 0.334 e. The lowest BCUT2D eigenvalue weighted by Crippen LogP contribution is -2.73. The topological polar surface area (TPSA) is 108 Å².